The first-order valence-corrected chi connectivity index (χ1v) is 6.89. The van der Waals surface area contributed by atoms with Gasteiger partial charge in [-0.05, 0) is 32.9 Å². The van der Waals surface area contributed by atoms with Crippen molar-refractivity contribution < 1.29 is 14.6 Å². The second kappa shape index (κ2) is 6.13. The van der Waals surface area contributed by atoms with Gasteiger partial charge in [-0.1, -0.05) is 12.1 Å². The third-order valence-corrected chi connectivity index (χ3v) is 2.89. The van der Waals surface area contributed by atoms with Gasteiger partial charge in [-0.25, -0.2) is 9.78 Å². The number of imidazole rings is 1. The summed E-state index contributed by atoms with van der Waals surface area (Å²) in [4.78, 5) is 16.0. The second-order valence-corrected chi connectivity index (χ2v) is 5.91. The number of ether oxygens (including phenoxy) is 1. The Balaban J connectivity index is 2.04. The Morgan fingerprint density at radius 1 is 1.43 bits per heavy atom. The third-order valence-electron chi connectivity index (χ3n) is 2.89. The maximum Gasteiger partial charge on any atom is 0.408 e. The Morgan fingerprint density at radius 3 is 2.81 bits per heavy atom. The summed E-state index contributed by atoms with van der Waals surface area (Å²) in [5.41, 5.74) is 1.28. The van der Waals surface area contributed by atoms with E-state index in [9.17, 15) is 9.90 Å². The van der Waals surface area contributed by atoms with Crippen LogP contribution in [0.4, 0.5) is 4.79 Å². The zero-order valence-corrected chi connectivity index (χ0v) is 12.5. The molecule has 1 aromatic carbocycles. The Bertz CT molecular complexity index is 616. The zero-order chi connectivity index (χ0) is 15.5. The molecule has 0 aliphatic carbocycles. The first-order chi connectivity index (χ1) is 9.89. The van der Waals surface area contributed by atoms with Crippen molar-refractivity contribution in [2.45, 2.75) is 39.0 Å². The highest BCUT2D eigenvalue weighted by molar-refractivity contribution is 5.75. The van der Waals surface area contributed by atoms with Crippen molar-refractivity contribution in [3.05, 3.63) is 30.6 Å². The Morgan fingerprint density at radius 2 is 2.14 bits per heavy atom. The lowest BCUT2D eigenvalue weighted by atomic mass is 10.2. The number of nitrogens with one attached hydrogen (secondary N) is 1. The van der Waals surface area contributed by atoms with Crippen molar-refractivity contribution in [1.29, 1.82) is 0 Å². The largest absolute Gasteiger partial charge is 0.444 e. The number of amides is 1. The van der Waals surface area contributed by atoms with Crippen LogP contribution >= 0.6 is 0 Å². The molecule has 114 valence electrons. The number of hydrogen-bond donors (Lipinski definition) is 2. The average molecular weight is 291 g/mol. The van der Waals surface area contributed by atoms with E-state index in [0.717, 1.165) is 11.0 Å². The van der Waals surface area contributed by atoms with Crippen LogP contribution in [0.3, 0.4) is 0 Å². The van der Waals surface area contributed by atoms with Crippen molar-refractivity contribution in [3.8, 4) is 0 Å². The molecule has 0 fully saturated rings. The van der Waals surface area contributed by atoms with Crippen LogP contribution in [-0.2, 0) is 11.3 Å². The summed E-state index contributed by atoms with van der Waals surface area (Å²) in [7, 11) is 0. The monoisotopic (exact) mass is 291 g/mol. The first kappa shape index (κ1) is 15.3. The molecule has 1 atom stereocenters. The number of benzene rings is 1. The maximum atomic E-state index is 11.8. The van der Waals surface area contributed by atoms with Crippen molar-refractivity contribution >= 4 is 17.1 Å². The molecule has 1 heterocycles. The number of carbonyl (C=O) groups is 1. The smallest absolute Gasteiger partial charge is 0.408 e. The SMILES string of the molecule is CC(C)(C)OC(=O)NC(CO)Cn1cnc2ccccc21. The molecule has 1 unspecified atom stereocenters. The highest BCUT2D eigenvalue weighted by Gasteiger charge is 2.19. The minimum atomic E-state index is -0.564. The molecule has 2 aromatic rings. The number of aliphatic hydroxyl groups excluding tert-OH is 1. The van der Waals surface area contributed by atoms with Crippen LogP contribution in [0.15, 0.2) is 30.6 Å². The van der Waals surface area contributed by atoms with Gasteiger partial charge in [0, 0.05) is 6.54 Å². The lowest BCUT2D eigenvalue weighted by molar-refractivity contribution is 0.0476. The van der Waals surface area contributed by atoms with Crippen LogP contribution in [0, 0.1) is 0 Å². The molecule has 0 aliphatic heterocycles. The fraction of sp³-hybridized carbons (Fsp3) is 0.467. The van der Waals surface area contributed by atoms with E-state index >= 15 is 0 Å². The molecule has 21 heavy (non-hydrogen) atoms. The molecule has 6 heteroatoms. The summed E-state index contributed by atoms with van der Waals surface area (Å²) < 4.78 is 7.09. The van der Waals surface area contributed by atoms with Crippen LogP contribution in [0.2, 0.25) is 0 Å². The first-order valence-electron chi connectivity index (χ1n) is 6.89. The van der Waals surface area contributed by atoms with Crippen molar-refractivity contribution in [1.82, 2.24) is 14.9 Å². The van der Waals surface area contributed by atoms with E-state index < -0.39 is 17.7 Å². The predicted molar refractivity (Wildman–Crippen MR) is 80.0 cm³/mol. The van der Waals surface area contributed by atoms with Gasteiger partial charge in [-0.3, -0.25) is 0 Å². The molecule has 1 aromatic heterocycles. The number of carbonyl (C=O) groups excluding carboxylic acids is 1. The average Bonchev–Trinajstić information content (AvgIpc) is 2.79. The predicted octanol–water partition coefficient (Wildman–Crippen LogP) is 1.92. The molecule has 2 rings (SSSR count). The van der Waals surface area contributed by atoms with E-state index in [1.807, 2.05) is 28.8 Å². The van der Waals surface area contributed by atoms with Gasteiger partial charge in [-0.15, -0.1) is 0 Å². The number of rotatable bonds is 4. The van der Waals surface area contributed by atoms with Crippen molar-refractivity contribution in [3.63, 3.8) is 0 Å². The molecule has 0 saturated carbocycles. The molecule has 0 radical (unpaired) electrons. The number of aliphatic hydroxyl groups is 1. The van der Waals surface area contributed by atoms with E-state index in [1.54, 1.807) is 27.1 Å². The van der Waals surface area contributed by atoms with E-state index in [2.05, 4.69) is 10.3 Å². The van der Waals surface area contributed by atoms with Gasteiger partial charge in [-0.2, -0.15) is 0 Å². The van der Waals surface area contributed by atoms with Crippen molar-refractivity contribution in [2.24, 2.45) is 0 Å². The number of nitrogens with zero attached hydrogens (tertiary/aromatic N) is 2. The Hall–Kier alpha value is -2.08. The summed E-state index contributed by atoms with van der Waals surface area (Å²) in [6.07, 6.45) is 1.16. The van der Waals surface area contributed by atoms with E-state index in [1.165, 1.54) is 0 Å². The van der Waals surface area contributed by atoms with Gasteiger partial charge < -0.3 is 19.7 Å². The summed E-state index contributed by atoms with van der Waals surface area (Å²) >= 11 is 0. The third kappa shape index (κ3) is 4.19. The molecule has 0 bridgehead atoms. The quantitative estimate of drug-likeness (QED) is 0.902. The summed E-state index contributed by atoms with van der Waals surface area (Å²) in [6, 6.07) is 7.28. The maximum absolute atomic E-state index is 11.8. The summed E-state index contributed by atoms with van der Waals surface area (Å²) in [6.45, 7) is 5.64. The molecular weight excluding hydrogens is 270 g/mol. The molecule has 0 aliphatic rings. The minimum Gasteiger partial charge on any atom is -0.444 e. The molecule has 0 saturated heterocycles. The number of hydrogen-bond acceptors (Lipinski definition) is 4. The second-order valence-electron chi connectivity index (χ2n) is 5.91. The topological polar surface area (TPSA) is 76.4 Å². The molecule has 2 N–H and O–H groups in total. The summed E-state index contributed by atoms with van der Waals surface area (Å²) in [5, 5.41) is 12.1. The molecule has 6 nitrogen and oxygen atoms in total. The van der Waals surface area contributed by atoms with E-state index in [-0.39, 0.29) is 6.61 Å². The lowest BCUT2D eigenvalue weighted by Crippen LogP contribution is -2.43. The summed E-state index contributed by atoms with van der Waals surface area (Å²) in [5.74, 6) is 0. The number of para-hydroxylation sites is 2. The van der Waals surface area contributed by atoms with Gasteiger partial charge in [0.05, 0.1) is 30.0 Å². The lowest BCUT2D eigenvalue weighted by Gasteiger charge is -2.23. The van der Waals surface area contributed by atoms with Gasteiger partial charge in [0.15, 0.2) is 0 Å². The van der Waals surface area contributed by atoms with Gasteiger partial charge in [0.1, 0.15) is 5.60 Å². The minimum absolute atomic E-state index is 0.175. The molecule has 0 spiro atoms. The number of alkyl carbamates (subject to hydrolysis) is 1. The Kier molecular flexibility index (Phi) is 4.47. The molecule has 1 amide bonds. The van der Waals surface area contributed by atoms with Gasteiger partial charge in [0.2, 0.25) is 0 Å². The Labute approximate surface area is 123 Å². The van der Waals surface area contributed by atoms with Crippen LogP contribution < -0.4 is 5.32 Å². The van der Waals surface area contributed by atoms with Crippen molar-refractivity contribution in [2.75, 3.05) is 6.61 Å². The van der Waals surface area contributed by atoms with Crippen LogP contribution in [0.25, 0.3) is 11.0 Å². The van der Waals surface area contributed by atoms with E-state index in [0.29, 0.717) is 6.54 Å². The fourth-order valence-electron chi connectivity index (χ4n) is 2.02. The standard InChI is InChI=1S/C15H21N3O3/c1-15(2,3)21-14(20)17-11(9-19)8-18-10-16-12-6-4-5-7-13(12)18/h4-7,10-11,19H,8-9H2,1-3H3,(H,17,20). The highest BCUT2D eigenvalue weighted by Crippen LogP contribution is 2.12. The van der Waals surface area contributed by atoms with E-state index in [4.69, 9.17) is 4.74 Å². The van der Waals surface area contributed by atoms with Crippen LogP contribution in [-0.4, -0.2) is 39.0 Å². The normalized spacial score (nSPS) is 13.1. The molecular formula is C15H21N3O3. The fourth-order valence-corrected chi connectivity index (χ4v) is 2.02. The number of fused-ring (bicyclic) bond motifs is 1. The number of aromatic nitrogens is 2. The van der Waals surface area contributed by atoms with Crippen LogP contribution in [0.5, 0.6) is 0 Å². The van der Waals surface area contributed by atoms with Gasteiger partial charge in [0.25, 0.3) is 0 Å². The van der Waals surface area contributed by atoms with Gasteiger partial charge >= 0.3 is 6.09 Å². The highest BCUT2D eigenvalue weighted by atomic mass is 16.6. The zero-order valence-electron chi connectivity index (χ0n) is 12.5. The van der Waals surface area contributed by atoms with Crippen LogP contribution in [0.1, 0.15) is 20.8 Å².